The molecule has 0 spiro atoms. The zero-order valence-electron chi connectivity index (χ0n) is 8.63. The first-order chi connectivity index (χ1) is 6.49. The molecule has 0 fully saturated rings. The second-order valence-electron chi connectivity index (χ2n) is 3.24. The molecule has 0 atom stereocenters. The van der Waals surface area contributed by atoms with E-state index >= 15 is 0 Å². The van der Waals surface area contributed by atoms with Gasteiger partial charge in [0.1, 0.15) is 5.56 Å². The van der Waals surface area contributed by atoms with Crippen molar-refractivity contribution in [1.29, 1.82) is 0 Å². The lowest BCUT2D eigenvalue weighted by Crippen LogP contribution is -2.31. The molecule has 4 heteroatoms. The molecule has 1 rings (SSSR count). The lowest BCUT2D eigenvalue weighted by atomic mass is 10.1. The Morgan fingerprint density at radius 2 is 2.07 bits per heavy atom. The zero-order valence-corrected chi connectivity index (χ0v) is 8.63. The second-order valence-corrected chi connectivity index (χ2v) is 3.24. The third-order valence-electron chi connectivity index (χ3n) is 2.39. The first kappa shape index (κ1) is 10.5. The van der Waals surface area contributed by atoms with Crippen molar-refractivity contribution in [2.24, 2.45) is 5.73 Å². The highest BCUT2D eigenvalue weighted by Crippen LogP contribution is 2.05. The van der Waals surface area contributed by atoms with E-state index in [-0.39, 0.29) is 11.1 Å². The number of amides is 1. The second kappa shape index (κ2) is 3.65. The van der Waals surface area contributed by atoms with Crippen molar-refractivity contribution in [2.45, 2.75) is 27.3 Å². The van der Waals surface area contributed by atoms with Gasteiger partial charge in [0.05, 0.1) is 0 Å². The van der Waals surface area contributed by atoms with Crippen LogP contribution in [0.15, 0.2) is 10.9 Å². The SMILES string of the molecule is CCn1c(C)c(C)cc(C(N)=O)c1=O. The van der Waals surface area contributed by atoms with E-state index in [0.29, 0.717) is 6.54 Å². The van der Waals surface area contributed by atoms with Gasteiger partial charge in [0.2, 0.25) is 0 Å². The number of carbonyl (C=O) groups excluding carboxylic acids is 1. The summed E-state index contributed by atoms with van der Waals surface area (Å²) in [6.07, 6.45) is 0. The number of nitrogens with zero attached hydrogens (tertiary/aromatic N) is 1. The molecular formula is C10H14N2O2. The van der Waals surface area contributed by atoms with Gasteiger partial charge in [-0.2, -0.15) is 0 Å². The van der Waals surface area contributed by atoms with E-state index in [1.54, 1.807) is 10.6 Å². The van der Waals surface area contributed by atoms with E-state index in [1.807, 2.05) is 20.8 Å². The van der Waals surface area contributed by atoms with Crippen LogP contribution in [0, 0.1) is 13.8 Å². The summed E-state index contributed by atoms with van der Waals surface area (Å²) in [6.45, 7) is 6.11. The Balaban J connectivity index is 3.59. The molecule has 0 aliphatic rings. The molecule has 0 bridgehead atoms. The summed E-state index contributed by atoms with van der Waals surface area (Å²) in [5.41, 5.74) is 6.65. The standard InChI is InChI=1S/C10H14N2O2/c1-4-12-7(3)6(2)5-8(9(11)13)10(12)14/h5H,4H2,1-3H3,(H2,11,13). The number of primary amides is 1. The van der Waals surface area contributed by atoms with Crippen LogP contribution in [0.2, 0.25) is 0 Å². The molecule has 1 aromatic heterocycles. The minimum Gasteiger partial charge on any atom is -0.365 e. The number of nitrogens with two attached hydrogens (primary N) is 1. The summed E-state index contributed by atoms with van der Waals surface area (Å²) in [6, 6.07) is 1.55. The molecule has 0 aromatic carbocycles. The third kappa shape index (κ3) is 1.55. The van der Waals surface area contributed by atoms with Crippen molar-refractivity contribution in [2.75, 3.05) is 0 Å². The molecule has 14 heavy (non-hydrogen) atoms. The molecule has 1 heterocycles. The minimum atomic E-state index is -0.666. The lowest BCUT2D eigenvalue weighted by molar-refractivity contribution is 0.0998. The van der Waals surface area contributed by atoms with E-state index in [4.69, 9.17) is 5.73 Å². The van der Waals surface area contributed by atoms with Crippen LogP contribution in [-0.4, -0.2) is 10.5 Å². The van der Waals surface area contributed by atoms with Crippen molar-refractivity contribution in [3.63, 3.8) is 0 Å². The highest BCUT2D eigenvalue weighted by atomic mass is 16.2. The van der Waals surface area contributed by atoms with Gasteiger partial charge < -0.3 is 10.3 Å². The Labute approximate surface area is 82.3 Å². The van der Waals surface area contributed by atoms with Gasteiger partial charge in [0.25, 0.3) is 11.5 Å². The van der Waals surface area contributed by atoms with Crippen LogP contribution in [0.5, 0.6) is 0 Å². The van der Waals surface area contributed by atoms with Crippen LogP contribution in [-0.2, 0) is 6.54 Å². The van der Waals surface area contributed by atoms with Crippen molar-refractivity contribution in [1.82, 2.24) is 4.57 Å². The highest BCUT2D eigenvalue weighted by Gasteiger charge is 2.11. The van der Waals surface area contributed by atoms with E-state index < -0.39 is 5.91 Å². The van der Waals surface area contributed by atoms with E-state index in [0.717, 1.165) is 11.3 Å². The maximum Gasteiger partial charge on any atom is 0.263 e. The molecule has 0 aliphatic carbocycles. The van der Waals surface area contributed by atoms with Crippen LogP contribution in [0.25, 0.3) is 0 Å². The molecular weight excluding hydrogens is 180 g/mol. The molecule has 0 saturated heterocycles. The minimum absolute atomic E-state index is 0.0648. The van der Waals surface area contributed by atoms with Crippen molar-refractivity contribution in [3.8, 4) is 0 Å². The maximum atomic E-state index is 11.7. The summed E-state index contributed by atoms with van der Waals surface area (Å²) >= 11 is 0. The van der Waals surface area contributed by atoms with E-state index in [9.17, 15) is 9.59 Å². The van der Waals surface area contributed by atoms with Crippen LogP contribution in [0.4, 0.5) is 0 Å². The van der Waals surface area contributed by atoms with Crippen molar-refractivity contribution < 1.29 is 4.79 Å². The van der Waals surface area contributed by atoms with Gasteiger partial charge in [-0.05, 0) is 32.4 Å². The summed E-state index contributed by atoms with van der Waals surface area (Å²) < 4.78 is 1.55. The largest absolute Gasteiger partial charge is 0.365 e. The summed E-state index contributed by atoms with van der Waals surface area (Å²) in [5.74, 6) is -0.666. The number of pyridine rings is 1. The van der Waals surface area contributed by atoms with E-state index in [2.05, 4.69) is 0 Å². The number of aryl methyl sites for hydroxylation is 1. The number of aromatic nitrogens is 1. The fourth-order valence-corrected chi connectivity index (χ4v) is 1.45. The Bertz CT molecular complexity index is 432. The quantitative estimate of drug-likeness (QED) is 0.748. The third-order valence-corrected chi connectivity index (χ3v) is 2.39. The monoisotopic (exact) mass is 194 g/mol. The topological polar surface area (TPSA) is 65.1 Å². The number of hydrogen-bond acceptors (Lipinski definition) is 2. The lowest BCUT2D eigenvalue weighted by Gasteiger charge is -2.11. The average molecular weight is 194 g/mol. The fraction of sp³-hybridized carbons (Fsp3) is 0.400. The Morgan fingerprint density at radius 3 is 2.50 bits per heavy atom. The van der Waals surface area contributed by atoms with Gasteiger partial charge in [-0.3, -0.25) is 9.59 Å². The molecule has 76 valence electrons. The Kier molecular flexibility index (Phi) is 2.74. The van der Waals surface area contributed by atoms with Gasteiger partial charge in [0.15, 0.2) is 0 Å². The zero-order chi connectivity index (χ0) is 10.9. The van der Waals surface area contributed by atoms with Crippen LogP contribution in [0.3, 0.4) is 0 Å². The molecule has 4 nitrogen and oxygen atoms in total. The number of rotatable bonds is 2. The first-order valence-electron chi connectivity index (χ1n) is 4.49. The van der Waals surface area contributed by atoms with Gasteiger partial charge in [-0.1, -0.05) is 0 Å². The Morgan fingerprint density at radius 1 is 1.50 bits per heavy atom. The van der Waals surface area contributed by atoms with Crippen LogP contribution < -0.4 is 11.3 Å². The van der Waals surface area contributed by atoms with Gasteiger partial charge in [-0.25, -0.2) is 0 Å². The van der Waals surface area contributed by atoms with Gasteiger partial charge >= 0.3 is 0 Å². The summed E-state index contributed by atoms with van der Waals surface area (Å²) in [4.78, 5) is 22.6. The summed E-state index contributed by atoms with van der Waals surface area (Å²) in [7, 11) is 0. The number of carbonyl (C=O) groups is 1. The molecule has 1 amide bonds. The molecule has 0 aliphatic heterocycles. The summed E-state index contributed by atoms with van der Waals surface area (Å²) in [5, 5.41) is 0. The van der Waals surface area contributed by atoms with Gasteiger partial charge in [-0.15, -0.1) is 0 Å². The van der Waals surface area contributed by atoms with Gasteiger partial charge in [0, 0.05) is 12.2 Å². The predicted molar refractivity (Wildman–Crippen MR) is 54.4 cm³/mol. The Hall–Kier alpha value is -1.58. The molecule has 0 unspecified atom stereocenters. The molecule has 1 aromatic rings. The molecule has 2 N–H and O–H groups in total. The maximum absolute atomic E-state index is 11.7. The fourth-order valence-electron chi connectivity index (χ4n) is 1.45. The average Bonchev–Trinajstić information content (AvgIpc) is 2.12. The highest BCUT2D eigenvalue weighted by molar-refractivity contribution is 5.92. The predicted octanol–water partition coefficient (Wildman–Crippen LogP) is 0.584. The van der Waals surface area contributed by atoms with Crippen LogP contribution >= 0.6 is 0 Å². The normalized spacial score (nSPS) is 10.2. The van der Waals surface area contributed by atoms with E-state index in [1.165, 1.54) is 0 Å². The smallest absolute Gasteiger partial charge is 0.263 e. The first-order valence-corrected chi connectivity index (χ1v) is 4.49. The molecule has 0 saturated carbocycles. The van der Waals surface area contributed by atoms with Crippen molar-refractivity contribution >= 4 is 5.91 Å². The molecule has 0 radical (unpaired) electrons. The van der Waals surface area contributed by atoms with Crippen molar-refractivity contribution in [3.05, 3.63) is 33.2 Å². The van der Waals surface area contributed by atoms with Crippen LogP contribution in [0.1, 0.15) is 28.5 Å². The number of hydrogen-bond donors (Lipinski definition) is 1.